The summed E-state index contributed by atoms with van der Waals surface area (Å²) < 4.78 is 33.0. The Morgan fingerprint density at radius 1 is 0.435 bits per heavy atom. The van der Waals surface area contributed by atoms with Crippen LogP contribution in [0.5, 0.6) is 0 Å². The molecule has 0 aromatic carbocycles. The van der Waals surface area contributed by atoms with Crippen molar-refractivity contribution in [3.8, 4) is 0 Å². The number of hydrogen-bond acceptors (Lipinski definition) is 8. The minimum atomic E-state index is -4.39. The molecule has 69 heavy (non-hydrogen) atoms. The van der Waals surface area contributed by atoms with Crippen molar-refractivity contribution in [2.24, 2.45) is 5.73 Å². The highest BCUT2D eigenvalue weighted by molar-refractivity contribution is 7.47. The number of carbonyl (C=O) groups is 2. The quantitative estimate of drug-likeness (QED) is 0.0264. The fourth-order valence-corrected chi connectivity index (χ4v) is 9.11. The van der Waals surface area contributed by atoms with Gasteiger partial charge in [-0.2, -0.15) is 0 Å². The Morgan fingerprint density at radius 3 is 1.13 bits per heavy atom. The third-order valence-electron chi connectivity index (χ3n) is 12.7. The Labute approximate surface area is 426 Å². The van der Waals surface area contributed by atoms with E-state index in [0.717, 1.165) is 64.2 Å². The van der Waals surface area contributed by atoms with Gasteiger partial charge in [0.25, 0.3) is 0 Å². The molecule has 2 unspecified atom stereocenters. The zero-order valence-electron chi connectivity index (χ0n) is 45.1. The van der Waals surface area contributed by atoms with E-state index in [9.17, 15) is 19.0 Å². The molecule has 0 aliphatic heterocycles. The average molecular weight is 993 g/mol. The third kappa shape index (κ3) is 55.1. The summed E-state index contributed by atoms with van der Waals surface area (Å²) in [5.74, 6) is -0.828. The topological polar surface area (TPSA) is 134 Å². The van der Waals surface area contributed by atoms with Gasteiger partial charge < -0.3 is 20.1 Å². The lowest BCUT2D eigenvalue weighted by Gasteiger charge is -2.19. The molecule has 0 saturated heterocycles. The second-order valence-corrected chi connectivity index (χ2v) is 21.0. The van der Waals surface area contributed by atoms with Gasteiger partial charge in [0.2, 0.25) is 0 Å². The van der Waals surface area contributed by atoms with Crippen LogP contribution in [-0.4, -0.2) is 49.3 Å². The number of carbonyl (C=O) groups excluding carboxylic acids is 2. The van der Waals surface area contributed by atoms with Crippen LogP contribution in [0.4, 0.5) is 0 Å². The first-order valence-electron chi connectivity index (χ1n) is 29.1. The van der Waals surface area contributed by atoms with Gasteiger partial charge in [0.1, 0.15) is 6.61 Å². The minimum Gasteiger partial charge on any atom is -0.462 e. The van der Waals surface area contributed by atoms with E-state index in [2.05, 4.69) is 62.5 Å². The van der Waals surface area contributed by atoms with Crippen LogP contribution in [0.15, 0.2) is 48.6 Å². The summed E-state index contributed by atoms with van der Waals surface area (Å²) in [7, 11) is -4.39. The lowest BCUT2D eigenvalue weighted by Crippen LogP contribution is -2.29. The summed E-state index contributed by atoms with van der Waals surface area (Å²) in [6.45, 7) is 3.74. The molecular weight excluding hydrogens is 882 g/mol. The maximum Gasteiger partial charge on any atom is 0.472 e. The number of phosphoric acid groups is 1. The van der Waals surface area contributed by atoms with Gasteiger partial charge in [-0.05, 0) is 77.0 Å². The predicted octanol–water partition coefficient (Wildman–Crippen LogP) is 18.2. The molecule has 0 bridgehead atoms. The van der Waals surface area contributed by atoms with Crippen LogP contribution in [0, 0.1) is 0 Å². The van der Waals surface area contributed by atoms with E-state index in [0.29, 0.717) is 6.42 Å². The van der Waals surface area contributed by atoms with E-state index in [1.54, 1.807) is 0 Å². The van der Waals surface area contributed by atoms with Crippen LogP contribution in [0.2, 0.25) is 0 Å². The molecule has 0 aliphatic carbocycles. The van der Waals surface area contributed by atoms with Crippen LogP contribution >= 0.6 is 7.82 Å². The Balaban J connectivity index is 3.88. The van der Waals surface area contributed by atoms with Crippen molar-refractivity contribution in [3.05, 3.63) is 48.6 Å². The Hall–Kier alpha value is -2.03. The van der Waals surface area contributed by atoms with Crippen LogP contribution in [0.1, 0.15) is 284 Å². The van der Waals surface area contributed by atoms with Gasteiger partial charge >= 0.3 is 19.8 Å². The number of nitrogens with two attached hydrogens (primary N) is 1. The Bertz CT molecular complexity index is 1270. The van der Waals surface area contributed by atoms with Gasteiger partial charge in [-0.3, -0.25) is 18.6 Å². The van der Waals surface area contributed by atoms with Crippen LogP contribution in [0.25, 0.3) is 0 Å². The molecule has 0 aromatic rings. The molecule has 0 amide bonds. The minimum absolute atomic E-state index is 0.0529. The van der Waals surface area contributed by atoms with E-state index in [-0.39, 0.29) is 38.6 Å². The highest BCUT2D eigenvalue weighted by Gasteiger charge is 2.26. The van der Waals surface area contributed by atoms with Crippen molar-refractivity contribution in [2.75, 3.05) is 26.4 Å². The highest BCUT2D eigenvalue weighted by Crippen LogP contribution is 2.43. The zero-order valence-corrected chi connectivity index (χ0v) is 45.9. The molecule has 0 radical (unpaired) electrons. The van der Waals surface area contributed by atoms with Gasteiger partial charge in [0.15, 0.2) is 6.10 Å². The second kappa shape index (κ2) is 55.3. The number of ether oxygens (including phenoxy) is 2. The average Bonchev–Trinajstić information content (AvgIpc) is 3.34. The lowest BCUT2D eigenvalue weighted by molar-refractivity contribution is -0.161. The molecule has 3 N–H and O–H groups in total. The number of esters is 2. The zero-order chi connectivity index (χ0) is 50.2. The maximum atomic E-state index is 12.7. The van der Waals surface area contributed by atoms with Gasteiger partial charge in [0.05, 0.1) is 13.2 Å². The van der Waals surface area contributed by atoms with Gasteiger partial charge in [-0.15, -0.1) is 0 Å². The van der Waals surface area contributed by atoms with Gasteiger partial charge in [-0.1, -0.05) is 242 Å². The van der Waals surface area contributed by atoms with Crippen LogP contribution < -0.4 is 5.73 Å². The summed E-state index contributed by atoms with van der Waals surface area (Å²) in [4.78, 5) is 35.1. The van der Waals surface area contributed by atoms with E-state index in [4.69, 9.17) is 24.3 Å². The molecule has 10 heteroatoms. The van der Waals surface area contributed by atoms with Crippen LogP contribution in [0.3, 0.4) is 0 Å². The molecule has 404 valence electrons. The van der Waals surface area contributed by atoms with Crippen molar-refractivity contribution >= 4 is 19.8 Å². The molecular formula is C59H110NO8P. The van der Waals surface area contributed by atoms with Crippen molar-refractivity contribution in [1.29, 1.82) is 0 Å². The third-order valence-corrected chi connectivity index (χ3v) is 13.7. The SMILES string of the molecule is CCCCCCC/C=C\C/C=C\C/C=C\CCCCCCCCCCCCCCCCCCCCC(=O)OC(COC(=O)CCCCCCC/C=C\CCCCCCCC)COP(=O)(O)OCCN. The maximum absolute atomic E-state index is 12.7. The van der Waals surface area contributed by atoms with Gasteiger partial charge in [0, 0.05) is 19.4 Å². The van der Waals surface area contributed by atoms with E-state index >= 15 is 0 Å². The number of unbranched alkanes of at least 4 members (excludes halogenated alkanes) is 34. The van der Waals surface area contributed by atoms with Crippen LogP contribution in [-0.2, 0) is 32.7 Å². The molecule has 0 saturated carbocycles. The summed E-state index contributed by atoms with van der Waals surface area (Å²) in [5.41, 5.74) is 5.37. The summed E-state index contributed by atoms with van der Waals surface area (Å²) in [6.07, 6.45) is 67.5. The molecule has 2 atom stereocenters. The number of hydrogen-bond donors (Lipinski definition) is 2. The van der Waals surface area contributed by atoms with E-state index < -0.39 is 26.5 Å². The molecule has 0 rings (SSSR count). The van der Waals surface area contributed by atoms with E-state index in [1.807, 2.05) is 0 Å². The molecule has 9 nitrogen and oxygen atoms in total. The van der Waals surface area contributed by atoms with E-state index in [1.165, 1.54) is 186 Å². The molecule has 0 aliphatic rings. The predicted molar refractivity (Wildman–Crippen MR) is 293 cm³/mol. The molecule has 0 aromatic heterocycles. The first-order chi connectivity index (χ1) is 33.8. The molecule has 0 heterocycles. The van der Waals surface area contributed by atoms with Crippen molar-refractivity contribution in [1.82, 2.24) is 0 Å². The first kappa shape index (κ1) is 67.0. The lowest BCUT2D eigenvalue weighted by atomic mass is 10.0. The number of allylic oxidation sites excluding steroid dienone is 8. The van der Waals surface area contributed by atoms with Crippen molar-refractivity contribution < 1.29 is 37.6 Å². The van der Waals surface area contributed by atoms with Crippen molar-refractivity contribution in [2.45, 2.75) is 290 Å². The summed E-state index contributed by atoms with van der Waals surface area (Å²) in [5, 5.41) is 0. The fraction of sp³-hybridized carbons (Fsp3) is 0.831. The highest BCUT2D eigenvalue weighted by atomic mass is 31.2. The molecule has 0 fully saturated rings. The Kier molecular flexibility index (Phi) is 53.7. The fourth-order valence-electron chi connectivity index (χ4n) is 8.35. The van der Waals surface area contributed by atoms with Gasteiger partial charge in [-0.25, -0.2) is 4.57 Å². The monoisotopic (exact) mass is 992 g/mol. The number of phosphoric ester groups is 1. The second-order valence-electron chi connectivity index (χ2n) is 19.5. The first-order valence-corrected chi connectivity index (χ1v) is 30.6. The standard InChI is InChI=1S/C59H110NO8P/c1-3-5-7-9-11-13-15-17-19-20-21-22-23-24-25-26-27-28-29-30-31-32-33-34-35-36-38-40-42-44-46-48-50-52-59(62)68-57(56-67-69(63,64)66-54-53-60)55-65-58(61)51-49-47-45-43-41-39-37-18-16-14-12-10-8-6-4-2/h15,17-18,20-21,23-24,37,57H,3-14,16,19,22,25-36,38-56,60H2,1-2H3,(H,63,64)/b17-15-,21-20-,24-23-,37-18-. The Morgan fingerprint density at radius 2 is 0.754 bits per heavy atom. The molecule has 0 spiro atoms. The van der Waals surface area contributed by atoms with Crippen molar-refractivity contribution in [3.63, 3.8) is 0 Å². The summed E-state index contributed by atoms with van der Waals surface area (Å²) >= 11 is 0. The number of rotatable bonds is 55. The summed E-state index contributed by atoms with van der Waals surface area (Å²) in [6, 6.07) is 0. The largest absolute Gasteiger partial charge is 0.472 e. The smallest absolute Gasteiger partial charge is 0.462 e. The normalized spacial score (nSPS) is 13.4.